The Bertz CT molecular complexity index is 512. The molecule has 0 fully saturated rings. The number of likely N-dealkylation sites (N-methyl/N-ethyl adjacent to an activating group) is 1. The molecule has 0 heterocycles. The highest BCUT2D eigenvalue weighted by molar-refractivity contribution is 5.94. The summed E-state index contributed by atoms with van der Waals surface area (Å²) in [6, 6.07) is 6.60. The smallest absolute Gasteiger partial charge is 0.328 e. The van der Waals surface area contributed by atoms with Crippen molar-refractivity contribution < 1.29 is 19.8 Å². The Morgan fingerprint density at radius 3 is 2.25 bits per heavy atom. The summed E-state index contributed by atoms with van der Waals surface area (Å²) in [6.07, 6.45) is 2.49. The third-order valence-corrected chi connectivity index (χ3v) is 2.55. The van der Waals surface area contributed by atoms with Gasteiger partial charge in [-0.15, -0.1) is 0 Å². The van der Waals surface area contributed by atoms with Crippen LogP contribution in [-0.4, -0.2) is 46.2 Å². The molecule has 108 valence electrons. The molecular weight excluding hydrogens is 258 g/mol. The van der Waals surface area contributed by atoms with Gasteiger partial charge in [-0.25, -0.2) is 4.79 Å². The zero-order valence-electron chi connectivity index (χ0n) is 11.8. The number of carboxylic acid groups (broad SMARTS) is 1. The maximum Gasteiger partial charge on any atom is 0.328 e. The molecule has 0 aromatic heterocycles. The van der Waals surface area contributed by atoms with Gasteiger partial charge < -0.3 is 15.1 Å². The summed E-state index contributed by atoms with van der Waals surface area (Å²) >= 11 is 0. The molecule has 0 saturated carbocycles. The van der Waals surface area contributed by atoms with Crippen molar-refractivity contribution in [2.75, 3.05) is 13.6 Å². The number of amides is 1. The van der Waals surface area contributed by atoms with E-state index in [0.717, 1.165) is 6.08 Å². The van der Waals surface area contributed by atoms with Crippen LogP contribution >= 0.6 is 0 Å². The summed E-state index contributed by atoms with van der Waals surface area (Å²) in [5, 5.41) is 18.2. The van der Waals surface area contributed by atoms with Crippen LogP contribution in [-0.2, 0) is 4.79 Å². The zero-order valence-corrected chi connectivity index (χ0v) is 11.8. The largest absolute Gasteiger partial charge is 0.478 e. The molecule has 0 saturated heterocycles. The lowest BCUT2D eigenvalue weighted by Gasteiger charge is -2.25. The van der Waals surface area contributed by atoms with Crippen LogP contribution in [0, 0.1) is 0 Å². The number of rotatable bonds is 5. The average Bonchev–Trinajstić information content (AvgIpc) is 2.34. The van der Waals surface area contributed by atoms with E-state index in [-0.39, 0.29) is 12.5 Å². The maximum absolute atomic E-state index is 12.1. The Balaban J connectivity index is 2.78. The van der Waals surface area contributed by atoms with Gasteiger partial charge in [0, 0.05) is 25.2 Å². The van der Waals surface area contributed by atoms with Crippen molar-refractivity contribution in [3.05, 3.63) is 41.5 Å². The van der Waals surface area contributed by atoms with Crippen LogP contribution in [0.5, 0.6) is 0 Å². The Morgan fingerprint density at radius 2 is 1.80 bits per heavy atom. The first kappa shape index (κ1) is 15.9. The third-order valence-electron chi connectivity index (χ3n) is 2.55. The third kappa shape index (κ3) is 5.24. The van der Waals surface area contributed by atoms with E-state index in [4.69, 9.17) is 5.11 Å². The fourth-order valence-corrected chi connectivity index (χ4v) is 1.78. The summed E-state index contributed by atoms with van der Waals surface area (Å²) in [4.78, 5) is 23.9. The van der Waals surface area contributed by atoms with Crippen LogP contribution < -0.4 is 0 Å². The summed E-state index contributed by atoms with van der Waals surface area (Å²) in [5.41, 5.74) is 0.243. The predicted molar refractivity (Wildman–Crippen MR) is 76.4 cm³/mol. The molecule has 5 heteroatoms. The molecule has 0 aliphatic carbocycles. The molecule has 5 nitrogen and oxygen atoms in total. The van der Waals surface area contributed by atoms with Crippen LogP contribution in [0.4, 0.5) is 0 Å². The molecule has 1 amide bonds. The SMILES string of the molecule is CN(CC(C)(C)O)C(=O)c1ccc(C=CC(=O)O)cc1. The highest BCUT2D eigenvalue weighted by Gasteiger charge is 2.20. The second-order valence-corrected chi connectivity index (χ2v) is 5.27. The van der Waals surface area contributed by atoms with E-state index in [1.54, 1.807) is 45.2 Å². The molecule has 0 atom stereocenters. The van der Waals surface area contributed by atoms with Crippen LogP contribution in [0.15, 0.2) is 30.3 Å². The molecule has 0 bridgehead atoms. The van der Waals surface area contributed by atoms with E-state index in [1.165, 1.54) is 11.0 Å². The summed E-state index contributed by atoms with van der Waals surface area (Å²) in [5.74, 6) is -1.21. The monoisotopic (exact) mass is 277 g/mol. The summed E-state index contributed by atoms with van der Waals surface area (Å²) in [6.45, 7) is 3.50. The second-order valence-electron chi connectivity index (χ2n) is 5.27. The van der Waals surface area contributed by atoms with Gasteiger partial charge in [0.25, 0.3) is 5.91 Å². The molecule has 1 aromatic carbocycles. The van der Waals surface area contributed by atoms with Crippen molar-refractivity contribution in [3.8, 4) is 0 Å². The van der Waals surface area contributed by atoms with E-state index in [9.17, 15) is 14.7 Å². The van der Waals surface area contributed by atoms with Crippen molar-refractivity contribution in [2.24, 2.45) is 0 Å². The number of carbonyl (C=O) groups excluding carboxylic acids is 1. The molecule has 1 rings (SSSR count). The van der Waals surface area contributed by atoms with Gasteiger partial charge in [-0.05, 0) is 37.6 Å². The van der Waals surface area contributed by atoms with Crippen LogP contribution in [0.1, 0.15) is 29.8 Å². The van der Waals surface area contributed by atoms with Gasteiger partial charge in [-0.2, -0.15) is 0 Å². The maximum atomic E-state index is 12.1. The Labute approximate surface area is 118 Å². The molecule has 2 N–H and O–H groups in total. The quantitative estimate of drug-likeness (QED) is 0.802. The lowest BCUT2D eigenvalue weighted by atomic mass is 10.1. The number of hydrogen-bond acceptors (Lipinski definition) is 3. The first-order chi connectivity index (χ1) is 9.19. The number of aliphatic hydroxyl groups is 1. The number of nitrogens with zero attached hydrogens (tertiary/aromatic N) is 1. The molecule has 1 aromatic rings. The number of hydrogen-bond donors (Lipinski definition) is 2. The molecule has 0 spiro atoms. The van der Waals surface area contributed by atoms with Crippen molar-refractivity contribution in [1.29, 1.82) is 0 Å². The molecule has 0 aliphatic rings. The van der Waals surface area contributed by atoms with Crippen LogP contribution in [0.2, 0.25) is 0 Å². The van der Waals surface area contributed by atoms with E-state index >= 15 is 0 Å². The van der Waals surface area contributed by atoms with E-state index in [2.05, 4.69) is 0 Å². The second kappa shape index (κ2) is 6.34. The summed E-state index contributed by atoms with van der Waals surface area (Å²) in [7, 11) is 1.62. The van der Waals surface area contributed by atoms with Gasteiger partial charge in [-0.3, -0.25) is 4.79 Å². The zero-order chi connectivity index (χ0) is 15.3. The van der Waals surface area contributed by atoms with Gasteiger partial charge in [0.05, 0.1) is 5.60 Å². The highest BCUT2D eigenvalue weighted by Crippen LogP contribution is 2.11. The Hall–Kier alpha value is -2.14. The van der Waals surface area contributed by atoms with Crippen molar-refractivity contribution in [1.82, 2.24) is 4.90 Å². The molecule has 0 aliphatic heterocycles. The van der Waals surface area contributed by atoms with Gasteiger partial charge in [0.15, 0.2) is 0 Å². The predicted octanol–water partition coefficient (Wildman–Crippen LogP) is 1.63. The fourth-order valence-electron chi connectivity index (χ4n) is 1.78. The van der Waals surface area contributed by atoms with Gasteiger partial charge >= 0.3 is 5.97 Å². The van der Waals surface area contributed by atoms with Crippen LogP contribution in [0.3, 0.4) is 0 Å². The first-order valence-electron chi connectivity index (χ1n) is 6.18. The molecule has 0 unspecified atom stereocenters. The van der Waals surface area contributed by atoms with E-state index in [1.807, 2.05) is 0 Å². The van der Waals surface area contributed by atoms with Gasteiger partial charge in [-0.1, -0.05) is 12.1 Å². The lowest BCUT2D eigenvalue weighted by Crippen LogP contribution is -2.39. The molecular formula is C15H19NO4. The average molecular weight is 277 g/mol. The number of benzene rings is 1. The number of carbonyl (C=O) groups is 2. The van der Waals surface area contributed by atoms with E-state index in [0.29, 0.717) is 11.1 Å². The lowest BCUT2D eigenvalue weighted by molar-refractivity contribution is -0.131. The normalized spacial score (nSPS) is 11.6. The Kier molecular flexibility index (Phi) is 5.05. The Morgan fingerprint density at radius 1 is 1.25 bits per heavy atom. The minimum atomic E-state index is -1.02. The van der Waals surface area contributed by atoms with Gasteiger partial charge in [0.2, 0.25) is 0 Å². The first-order valence-corrected chi connectivity index (χ1v) is 6.18. The number of carboxylic acids is 1. The minimum Gasteiger partial charge on any atom is -0.478 e. The van der Waals surface area contributed by atoms with Crippen molar-refractivity contribution >= 4 is 18.0 Å². The minimum absolute atomic E-state index is 0.194. The fraction of sp³-hybridized carbons (Fsp3) is 0.333. The highest BCUT2D eigenvalue weighted by atomic mass is 16.4. The van der Waals surface area contributed by atoms with Gasteiger partial charge in [0.1, 0.15) is 0 Å². The number of aliphatic carboxylic acids is 1. The molecule has 20 heavy (non-hydrogen) atoms. The van der Waals surface area contributed by atoms with Crippen LogP contribution in [0.25, 0.3) is 6.08 Å². The van der Waals surface area contributed by atoms with Crippen molar-refractivity contribution in [3.63, 3.8) is 0 Å². The van der Waals surface area contributed by atoms with Crippen molar-refractivity contribution in [2.45, 2.75) is 19.4 Å². The molecule has 0 radical (unpaired) electrons. The van der Waals surface area contributed by atoms with E-state index < -0.39 is 11.6 Å². The topological polar surface area (TPSA) is 77.8 Å². The standard InChI is InChI=1S/C15H19NO4/c1-15(2,20)10-16(3)14(19)12-7-4-11(5-8-12)6-9-13(17)18/h4-9,20H,10H2,1-3H3,(H,17,18). The summed E-state index contributed by atoms with van der Waals surface area (Å²) < 4.78 is 0.